The molecular weight excluding hydrogens is 328 g/mol. The van der Waals surface area contributed by atoms with Crippen molar-refractivity contribution in [3.63, 3.8) is 0 Å². The Morgan fingerprint density at radius 2 is 1.88 bits per heavy atom. The van der Waals surface area contributed by atoms with Gasteiger partial charge in [-0.3, -0.25) is 9.79 Å². The number of nitrogens with zero attached hydrogens (tertiary/aromatic N) is 2. The van der Waals surface area contributed by atoms with Crippen LogP contribution in [0.2, 0.25) is 0 Å². The van der Waals surface area contributed by atoms with Crippen molar-refractivity contribution < 1.29 is 9.90 Å². The number of hydrogen-bond acceptors (Lipinski definition) is 3. The molecule has 1 saturated carbocycles. The Labute approximate surface area is 156 Å². The number of aliphatic imine (C=N–C) groups is 1. The van der Waals surface area contributed by atoms with Gasteiger partial charge in [0.1, 0.15) is 0 Å². The summed E-state index contributed by atoms with van der Waals surface area (Å²) < 4.78 is 0. The molecule has 0 spiro atoms. The summed E-state index contributed by atoms with van der Waals surface area (Å²) in [4.78, 5) is 18.6. The van der Waals surface area contributed by atoms with Crippen molar-refractivity contribution in [1.82, 2.24) is 15.5 Å². The Bertz CT molecular complexity index is 595. The van der Waals surface area contributed by atoms with Gasteiger partial charge in [0, 0.05) is 40.2 Å². The molecule has 1 aliphatic carbocycles. The minimum atomic E-state index is -0.336. The van der Waals surface area contributed by atoms with Crippen molar-refractivity contribution in [1.29, 1.82) is 0 Å². The lowest BCUT2D eigenvalue weighted by atomic mass is 9.84. The van der Waals surface area contributed by atoms with Crippen LogP contribution >= 0.6 is 0 Å². The number of aliphatic hydroxyl groups excluding tert-OH is 1. The van der Waals surface area contributed by atoms with Gasteiger partial charge in [0.15, 0.2) is 5.96 Å². The summed E-state index contributed by atoms with van der Waals surface area (Å²) in [5.74, 6) is 0.853. The van der Waals surface area contributed by atoms with Crippen LogP contribution in [0.5, 0.6) is 0 Å². The number of carbonyl (C=O) groups excluding carboxylic acids is 1. The van der Waals surface area contributed by atoms with E-state index in [2.05, 4.69) is 15.6 Å². The van der Waals surface area contributed by atoms with E-state index in [1.54, 1.807) is 11.9 Å². The topological polar surface area (TPSA) is 77.0 Å². The van der Waals surface area contributed by atoms with Crippen molar-refractivity contribution in [3.05, 3.63) is 35.9 Å². The molecule has 144 valence electrons. The zero-order chi connectivity index (χ0) is 19.0. The lowest BCUT2D eigenvalue weighted by Gasteiger charge is -2.31. The predicted octanol–water partition coefficient (Wildman–Crippen LogP) is 1.58. The molecule has 1 amide bonds. The molecule has 0 bridgehead atoms. The molecule has 2 rings (SSSR count). The van der Waals surface area contributed by atoms with E-state index in [1.165, 1.54) is 0 Å². The standard InChI is InChI=1S/C20H32N4O2/c1-21-19(22-13-17(14-25)16-9-5-4-6-10-16)23-15-20(11-7-8-12-20)18(26)24(2)3/h4-6,9-10,17,25H,7-8,11-15H2,1-3H3,(H2,21,22,23). The number of guanidine groups is 1. The van der Waals surface area contributed by atoms with E-state index in [4.69, 9.17) is 0 Å². The van der Waals surface area contributed by atoms with E-state index in [0.29, 0.717) is 19.0 Å². The first-order valence-corrected chi connectivity index (χ1v) is 9.34. The quantitative estimate of drug-likeness (QED) is 0.510. The maximum absolute atomic E-state index is 12.7. The van der Waals surface area contributed by atoms with Gasteiger partial charge in [-0.1, -0.05) is 43.2 Å². The molecule has 0 saturated heterocycles. The Kier molecular flexibility index (Phi) is 7.45. The predicted molar refractivity (Wildman–Crippen MR) is 105 cm³/mol. The van der Waals surface area contributed by atoms with Crippen LogP contribution in [0.3, 0.4) is 0 Å². The highest BCUT2D eigenvalue weighted by Gasteiger charge is 2.42. The fourth-order valence-corrected chi connectivity index (χ4v) is 3.70. The van der Waals surface area contributed by atoms with Crippen LogP contribution in [-0.4, -0.2) is 62.7 Å². The van der Waals surface area contributed by atoms with Crippen LogP contribution in [-0.2, 0) is 4.79 Å². The number of amides is 1. The fourth-order valence-electron chi connectivity index (χ4n) is 3.70. The van der Waals surface area contributed by atoms with Crippen molar-refractivity contribution in [2.45, 2.75) is 31.6 Å². The maximum Gasteiger partial charge on any atom is 0.230 e. The largest absolute Gasteiger partial charge is 0.396 e. The molecule has 6 nitrogen and oxygen atoms in total. The van der Waals surface area contributed by atoms with Gasteiger partial charge in [0.2, 0.25) is 5.91 Å². The van der Waals surface area contributed by atoms with Gasteiger partial charge in [-0.15, -0.1) is 0 Å². The Balaban J connectivity index is 1.93. The molecule has 0 aromatic heterocycles. The van der Waals surface area contributed by atoms with Gasteiger partial charge in [-0.2, -0.15) is 0 Å². The smallest absolute Gasteiger partial charge is 0.230 e. The van der Waals surface area contributed by atoms with Crippen LogP contribution in [0.15, 0.2) is 35.3 Å². The second kappa shape index (κ2) is 9.57. The molecule has 6 heteroatoms. The van der Waals surface area contributed by atoms with E-state index >= 15 is 0 Å². The molecule has 1 atom stereocenters. The molecule has 1 aromatic rings. The molecule has 1 unspecified atom stereocenters. The first-order valence-electron chi connectivity index (χ1n) is 9.34. The van der Waals surface area contributed by atoms with Crippen LogP contribution in [0.1, 0.15) is 37.2 Å². The van der Waals surface area contributed by atoms with E-state index in [-0.39, 0.29) is 23.8 Å². The Hall–Kier alpha value is -2.08. The highest BCUT2D eigenvalue weighted by molar-refractivity contribution is 5.85. The third-order valence-corrected chi connectivity index (χ3v) is 5.25. The van der Waals surface area contributed by atoms with Crippen molar-refractivity contribution in [2.24, 2.45) is 10.4 Å². The fraction of sp³-hybridized carbons (Fsp3) is 0.600. The van der Waals surface area contributed by atoms with E-state index in [0.717, 1.165) is 31.2 Å². The molecule has 1 aromatic carbocycles. The molecule has 0 heterocycles. The Morgan fingerprint density at radius 1 is 1.23 bits per heavy atom. The monoisotopic (exact) mass is 360 g/mol. The number of carbonyl (C=O) groups is 1. The third-order valence-electron chi connectivity index (χ3n) is 5.25. The first-order chi connectivity index (χ1) is 12.5. The molecule has 1 fully saturated rings. The summed E-state index contributed by atoms with van der Waals surface area (Å²) in [7, 11) is 5.36. The van der Waals surface area contributed by atoms with E-state index in [9.17, 15) is 9.90 Å². The Morgan fingerprint density at radius 3 is 2.42 bits per heavy atom. The van der Waals surface area contributed by atoms with Gasteiger partial charge in [0.25, 0.3) is 0 Å². The van der Waals surface area contributed by atoms with Crippen LogP contribution in [0.25, 0.3) is 0 Å². The van der Waals surface area contributed by atoms with Crippen molar-refractivity contribution >= 4 is 11.9 Å². The highest BCUT2D eigenvalue weighted by atomic mass is 16.3. The van der Waals surface area contributed by atoms with Gasteiger partial charge >= 0.3 is 0 Å². The van der Waals surface area contributed by atoms with Gasteiger partial charge in [-0.05, 0) is 18.4 Å². The molecule has 0 aliphatic heterocycles. The normalized spacial score (nSPS) is 17.6. The molecule has 26 heavy (non-hydrogen) atoms. The van der Waals surface area contributed by atoms with E-state index < -0.39 is 0 Å². The molecule has 3 N–H and O–H groups in total. The number of aliphatic hydroxyl groups is 1. The third kappa shape index (κ3) is 4.97. The number of benzene rings is 1. The van der Waals surface area contributed by atoms with Crippen LogP contribution < -0.4 is 10.6 Å². The number of rotatable bonds is 7. The summed E-state index contributed by atoms with van der Waals surface area (Å²) in [6, 6.07) is 9.95. The van der Waals surface area contributed by atoms with Gasteiger partial charge < -0.3 is 20.6 Å². The number of nitrogens with one attached hydrogen (secondary N) is 2. The lowest BCUT2D eigenvalue weighted by molar-refractivity contribution is -0.138. The van der Waals surface area contributed by atoms with Gasteiger partial charge in [0.05, 0.1) is 12.0 Å². The lowest BCUT2D eigenvalue weighted by Crippen LogP contribution is -2.49. The number of hydrogen-bond donors (Lipinski definition) is 3. The van der Waals surface area contributed by atoms with Crippen LogP contribution in [0.4, 0.5) is 0 Å². The SMILES string of the molecule is CN=C(NCC(CO)c1ccccc1)NCC1(C(=O)N(C)C)CCCC1. The summed E-state index contributed by atoms with van der Waals surface area (Å²) in [6.07, 6.45) is 4.01. The van der Waals surface area contributed by atoms with Gasteiger partial charge in [-0.25, -0.2) is 0 Å². The van der Waals surface area contributed by atoms with Crippen molar-refractivity contribution in [2.75, 3.05) is 40.8 Å². The zero-order valence-electron chi connectivity index (χ0n) is 16.2. The first kappa shape index (κ1) is 20.2. The summed E-state index contributed by atoms with van der Waals surface area (Å²) in [5.41, 5.74) is 0.754. The molecule has 0 radical (unpaired) electrons. The van der Waals surface area contributed by atoms with Crippen LogP contribution in [0, 0.1) is 5.41 Å². The van der Waals surface area contributed by atoms with E-state index in [1.807, 2.05) is 44.4 Å². The zero-order valence-corrected chi connectivity index (χ0v) is 16.2. The summed E-state index contributed by atoms with van der Waals surface area (Å²) in [5, 5.41) is 16.3. The molecular formula is C20H32N4O2. The average Bonchev–Trinajstić information content (AvgIpc) is 3.14. The second-order valence-corrected chi connectivity index (χ2v) is 7.28. The maximum atomic E-state index is 12.7. The minimum Gasteiger partial charge on any atom is -0.396 e. The summed E-state index contributed by atoms with van der Waals surface area (Å²) >= 11 is 0. The second-order valence-electron chi connectivity index (χ2n) is 7.28. The molecule has 1 aliphatic rings. The average molecular weight is 361 g/mol. The summed E-state index contributed by atoms with van der Waals surface area (Å²) in [6.45, 7) is 1.23. The van der Waals surface area contributed by atoms with Crippen molar-refractivity contribution in [3.8, 4) is 0 Å². The minimum absolute atomic E-state index is 0.00130. The highest BCUT2D eigenvalue weighted by Crippen LogP contribution is 2.38.